The Kier molecular flexibility index (Phi) is 4.73. The minimum atomic E-state index is 0.650. The molecule has 2 rings (SSSR count). The van der Waals surface area contributed by atoms with Crippen LogP contribution in [0, 0.1) is 5.92 Å². The minimum Gasteiger partial charge on any atom is -0.369 e. The van der Waals surface area contributed by atoms with Gasteiger partial charge >= 0.3 is 0 Å². The summed E-state index contributed by atoms with van der Waals surface area (Å²) in [7, 11) is 4.36. The summed E-state index contributed by atoms with van der Waals surface area (Å²) < 4.78 is 1.15. The number of likely N-dealkylation sites (N-methyl/N-ethyl adjacent to an activating group) is 1. The number of hydrogen-bond acceptors (Lipinski definition) is 2. The summed E-state index contributed by atoms with van der Waals surface area (Å²) in [4.78, 5) is 4.86. The van der Waals surface area contributed by atoms with Crippen LogP contribution in [0.15, 0.2) is 22.7 Å². The number of rotatable bonds is 3. The Morgan fingerprint density at radius 2 is 2.06 bits per heavy atom. The van der Waals surface area contributed by atoms with Crippen molar-refractivity contribution in [3.05, 3.63) is 28.2 Å². The first kappa shape index (κ1) is 14.4. The highest BCUT2D eigenvalue weighted by molar-refractivity contribution is 9.10. The Labute approximate surface area is 127 Å². The van der Waals surface area contributed by atoms with Gasteiger partial charge in [-0.25, -0.2) is 0 Å². The molecule has 0 spiro atoms. The average molecular weight is 376 g/mol. The third-order valence-electron chi connectivity index (χ3n) is 3.76. The van der Waals surface area contributed by atoms with E-state index in [0.29, 0.717) is 12.0 Å². The summed E-state index contributed by atoms with van der Waals surface area (Å²) >= 11 is 7.14. The molecular formula is C14H20Br2N2. The van der Waals surface area contributed by atoms with Gasteiger partial charge in [0, 0.05) is 34.6 Å². The summed E-state index contributed by atoms with van der Waals surface area (Å²) in [5.74, 6) is 0.715. The molecule has 2 unspecified atom stereocenters. The van der Waals surface area contributed by atoms with E-state index in [2.05, 4.69) is 80.9 Å². The standard InChI is InChI=1S/C14H20Br2N2/c1-10-8-18(9-14(10)17(2)3)13-5-4-12(16)6-11(13)7-15/h4-6,10,14H,7-9H2,1-3H3. The summed E-state index contributed by atoms with van der Waals surface area (Å²) in [5, 5.41) is 0.902. The maximum atomic E-state index is 3.59. The lowest BCUT2D eigenvalue weighted by atomic mass is 10.1. The number of nitrogens with zero attached hydrogens (tertiary/aromatic N) is 2. The van der Waals surface area contributed by atoms with Gasteiger partial charge in [0.2, 0.25) is 0 Å². The van der Waals surface area contributed by atoms with Crippen LogP contribution in [0.2, 0.25) is 0 Å². The largest absolute Gasteiger partial charge is 0.369 e. The van der Waals surface area contributed by atoms with Crippen LogP contribution in [-0.4, -0.2) is 38.1 Å². The fraction of sp³-hybridized carbons (Fsp3) is 0.571. The van der Waals surface area contributed by atoms with E-state index in [-0.39, 0.29) is 0 Å². The molecule has 1 heterocycles. The van der Waals surface area contributed by atoms with Gasteiger partial charge in [0.25, 0.3) is 0 Å². The average Bonchev–Trinajstić information content (AvgIpc) is 2.71. The van der Waals surface area contributed by atoms with Crippen molar-refractivity contribution in [2.45, 2.75) is 18.3 Å². The lowest BCUT2D eigenvalue weighted by Crippen LogP contribution is -2.34. The lowest BCUT2D eigenvalue weighted by Gasteiger charge is -2.24. The van der Waals surface area contributed by atoms with Gasteiger partial charge < -0.3 is 9.80 Å². The molecule has 1 aliphatic heterocycles. The lowest BCUT2D eigenvalue weighted by molar-refractivity contribution is 0.266. The second kappa shape index (κ2) is 5.93. The van der Waals surface area contributed by atoms with E-state index in [4.69, 9.17) is 0 Å². The van der Waals surface area contributed by atoms with Gasteiger partial charge in [-0.2, -0.15) is 0 Å². The zero-order valence-electron chi connectivity index (χ0n) is 11.2. The Morgan fingerprint density at radius 1 is 1.33 bits per heavy atom. The summed E-state index contributed by atoms with van der Waals surface area (Å²) in [6.45, 7) is 4.61. The highest BCUT2D eigenvalue weighted by Gasteiger charge is 2.31. The van der Waals surface area contributed by atoms with Crippen molar-refractivity contribution >= 4 is 37.5 Å². The molecule has 1 aliphatic rings. The zero-order chi connectivity index (χ0) is 13.3. The van der Waals surface area contributed by atoms with Crippen molar-refractivity contribution in [1.29, 1.82) is 0 Å². The van der Waals surface area contributed by atoms with Crippen molar-refractivity contribution in [3.63, 3.8) is 0 Å². The molecule has 0 bridgehead atoms. The molecule has 1 aromatic carbocycles. The van der Waals surface area contributed by atoms with E-state index in [9.17, 15) is 0 Å². The molecule has 100 valence electrons. The number of hydrogen-bond donors (Lipinski definition) is 0. The van der Waals surface area contributed by atoms with Crippen LogP contribution in [-0.2, 0) is 5.33 Å². The number of anilines is 1. The van der Waals surface area contributed by atoms with Gasteiger partial charge in [-0.05, 0) is 43.8 Å². The maximum Gasteiger partial charge on any atom is 0.0408 e. The molecule has 0 saturated carbocycles. The molecule has 0 amide bonds. The third kappa shape index (κ3) is 2.91. The SMILES string of the molecule is CC1CN(c2ccc(Br)cc2CBr)CC1N(C)C. The molecule has 0 aromatic heterocycles. The first-order valence-corrected chi connectivity index (χ1v) is 8.20. The number of alkyl halides is 1. The molecule has 1 fully saturated rings. The number of halogens is 2. The van der Waals surface area contributed by atoms with Crippen LogP contribution in [0.4, 0.5) is 5.69 Å². The van der Waals surface area contributed by atoms with E-state index < -0.39 is 0 Å². The first-order chi connectivity index (χ1) is 8.52. The van der Waals surface area contributed by atoms with Crippen molar-refractivity contribution < 1.29 is 0 Å². The van der Waals surface area contributed by atoms with Crippen molar-refractivity contribution in [2.24, 2.45) is 5.92 Å². The summed E-state index contributed by atoms with van der Waals surface area (Å²) in [5.41, 5.74) is 2.72. The fourth-order valence-electron chi connectivity index (χ4n) is 2.79. The van der Waals surface area contributed by atoms with Gasteiger partial charge in [0.1, 0.15) is 0 Å². The topological polar surface area (TPSA) is 6.48 Å². The van der Waals surface area contributed by atoms with Crippen molar-refractivity contribution in [3.8, 4) is 0 Å². The van der Waals surface area contributed by atoms with Crippen LogP contribution in [0.1, 0.15) is 12.5 Å². The predicted octanol–water partition coefficient (Wildman–Crippen LogP) is 3.73. The van der Waals surface area contributed by atoms with E-state index in [1.165, 1.54) is 11.3 Å². The van der Waals surface area contributed by atoms with Gasteiger partial charge in [0.15, 0.2) is 0 Å². The molecule has 1 saturated heterocycles. The molecule has 0 aliphatic carbocycles. The van der Waals surface area contributed by atoms with Crippen LogP contribution in [0.25, 0.3) is 0 Å². The first-order valence-electron chi connectivity index (χ1n) is 6.28. The molecule has 2 atom stereocenters. The van der Waals surface area contributed by atoms with Crippen molar-refractivity contribution in [2.75, 3.05) is 32.1 Å². The predicted molar refractivity (Wildman–Crippen MR) is 85.6 cm³/mol. The summed E-state index contributed by atoms with van der Waals surface area (Å²) in [6, 6.07) is 7.22. The summed E-state index contributed by atoms with van der Waals surface area (Å²) in [6.07, 6.45) is 0. The molecular weight excluding hydrogens is 356 g/mol. The Hall–Kier alpha value is -0.0600. The monoisotopic (exact) mass is 374 g/mol. The van der Waals surface area contributed by atoms with Gasteiger partial charge in [0.05, 0.1) is 0 Å². The number of benzene rings is 1. The Bertz CT molecular complexity index is 420. The normalized spacial score (nSPS) is 24.0. The van der Waals surface area contributed by atoms with E-state index in [1.807, 2.05) is 0 Å². The van der Waals surface area contributed by atoms with E-state index in [0.717, 1.165) is 22.9 Å². The van der Waals surface area contributed by atoms with Crippen LogP contribution < -0.4 is 4.90 Å². The molecule has 0 N–H and O–H groups in total. The van der Waals surface area contributed by atoms with Gasteiger partial charge in [-0.1, -0.05) is 38.8 Å². The molecule has 1 aromatic rings. The maximum absolute atomic E-state index is 3.59. The second-order valence-corrected chi connectivity index (χ2v) is 6.80. The zero-order valence-corrected chi connectivity index (χ0v) is 14.3. The van der Waals surface area contributed by atoms with E-state index >= 15 is 0 Å². The van der Waals surface area contributed by atoms with Crippen LogP contribution >= 0.6 is 31.9 Å². The Morgan fingerprint density at radius 3 is 2.61 bits per heavy atom. The van der Waals surface area contributed by atoms with Crippen LogP contribution in [0.3, 0.4) is 0 Å². The second-order valence-electron chi connectivity index (χ2n) is 5.32. The van der Waals surface area contributed by atoms with Crippen LogP contribution in [0.5, 0.6) is 0 Å². The fourth-order valence-corrected chi connectivity index (χ4v) is 3.65. The third-order valence-corrected chi connectivity index (χ3v) is 4.86. The molecule has 4 heteroatoms. The molecule has 18 heavy (non-hydrogen) atoms. The van der Waals surface area contributed by atoms with Gasteiger partial charge in [-0.3, -0.25) is 0 Å². The highest BCUT2D eigenvalue weighted by atomic mass is 79.9. The molecule has 0 radical (unpaired) electrons. The minimum absolute atomic E-state index is 0.650. The van der Waals surface area contributed by atoms with E-state index in [1.54, 1.807) is 0 Å². The van der Waals surface area contributed by atoms with Crippen molar-refractivity contribution in [1.82, 2.24) is 4.90 Å². The highest BCUT2D eigenvalue weighted by Crippen LogP contribution is 2.31. The smallest absolute Gasteiger partial charge is 0.0408 e. The quantitative estimate of drug-likeness (QED) is 0.742. The van der Waals surface area contributed by atoms with Gasteiger partial charge in [-0.15, -0.1) is 0 Å². The Balaban J connectivity index is 2.23. The molecule has 2 nitrogen and oxygen atoms in total.